The van der Waals surface area contributed by atoms with Crippen LogP contribution in [0.3, 0.4) is 0 Å². The molecule has 0 heterocycles. The normalized spacial score (nSPS) is 11.0. The molecule has 1 aromatic carbocycles. The molecule has 4 heteroatoms. The number of hydrogen-bond donors (Lipinski definition) is 1. The van der Waals surface area contributed by atoms with Gasteiger partial charge in [0.25, 0.3) is 0 Å². The van der Waals surface area contributed by atoms with Gasteiger partial charge in [-0.1, -0.05) is 17.7 Å². The van der Waals surface area contributed by atoms with Crippen LogP contribution in [0, 0.1) is 22.6 Å². The Labute approximate surface area is 106 Å². The maximum atomic E-state index is 13.4. The van der Waals surface area contributed by atoms with Crippen molar-refractivity contribution in [1.82, 2.24) is 0 Å². The largest absolute Gasteiger partial charge is 0.381 e. The van der Waals surface area contributed by atoms with Gasteiger partial charge >= 0.3 is 0 Å². The Bertz CT molecular complexity index is 404. The molecule has 1 N–H and O–H groups in total. The van der Waals surface area contributed by atoms with Gasteiger partial charge in [0.05, 0.1) is 22.2 Å². The van der Waals surface area contributed by atoms with Crippen molar-refractivity contribution in [2.24, 2.45) is 5.41 Å². The molecule has 0 spiro atoms. The molecular formula is C13H16ClFN2. The minimum absolute atomic E-state index is 0.333. The van der Waals surface area contributed by atoms with Gasteiger partial charge in [-0.25, -0.2) is 4.39 Å². The van der Waals surface area contributed by atoms with Crippen molar-refractivity contribution in [2.75, 3.05) is 11.9 Å². The third kappa shape index (κ3) is 4.24. The van der Waals surface area contributed by atoms with Gasteiger partial charge in [0.2, 0.25) is 0 Å². The Morgan fingerprint density at radius 1 is 1.47 bits per heavy atom. The topological polar surface area (TPSA) is 35.8 Å². The quantitative estimate of drug-likeness (QED) is 0.799. The van der Waals surface area contributed by atoms with E-state index in [1.54, 1.807) is 12.1 Å². The Morgan fingerprint density at radius 3 is 2.76 bits per heavy atom. The van der Waals surface area contributed by atoms with Gasteiger partial charge in [-0.05, 0) is 38.8 Å². The molecule has 0 saturated heterocycles. The van der Waals surface area contributed by atoms with Crippen LogP contribution in [0.5, 0.6) is 0 Å². The van der Waals surface area contributed by atoms with E-state index in [1.807, 2.05) is 13.8 Å². The third-order valence-electron chi connectivity index (χ3n) is 2.55. The molecule has 0 bridgehead atoms. The maximum Gasteiger partial charge on any atom is 0.147 e. The van der Waals surface area contributed by atoms with Gasteiger partial charge < -0.3 is 5.32 Å². The summed E-state index contributed by atoms with van der Waals surface area (Å²) in [6, 6.07) is 6.82. The number of rotatable bonds is 5. The van der Waals surface area contributed by atoms with Crippen LogP contribution in [0.15, 0.2) is 18.2 Å². The smallest absolute Gasteiger partial charge is 0.147 e. The van der Waals surface area contributed by atoms with Crippen molar-refractivity contribution in [3.63, 3.8) is 0 Å². The lowest BCUT2D eigenvalue weighted by molar-refractivity contribution is 0.441. The first-order chi connectivity index (χ1) is 7.96. The van der Waals surface area contributed by atoms with E-state index in [1.165, 1.54) is 6.07 Å². The number of halogens is 2. The SMILES string of the molecule is CC(C)(C#N)CCCNc1c(F)cccc1Cl. The van der Waals surface area contributed by atoms with Crippen LogP contribution in [-0.2, 0) is 0 Å². The molecule has 1 aromatic rings. The van der Waals surface area contributed by atoms with Crippen LogP contribution >= 0.6 is 11.6 Å². The fraction of sp³-hybridized carbons (Fsp3) is 0.462. The number of nitrogens with zero attached hydrogens (tertiary/aromatic N) is 1. The van der Waals surface area contributed by atoms with Crippen molar-refractivity contribution >= 4 is 17.3 Å². The van der Waals surface area contributed by atoms with E-state index < -0.39 is 0 Å². The molecule has 0 aliphatic heterocycles. The molecule has 0 amide bonds. The van der Waals surface area contributed by atoms with Crippen molar-refractivity contribution in [2.45, 2.75) is 26.7 Å². The van der Waals surface area contributed by atoms with Crippen LogP contribution in [-0.4, -0.2) is 6.54 Å². The molecule has 0 aliphatic rings. The first-order valence-electron chi connectivity index (χ1n) is 5.55. The average Bonchev–Trinajstić information content (AvgIpc) is 2.27. The van der Waals surface area contributed by atoms with E-state index in [2.05, 4.69) is 11.4 Å². The van der Waals surface area contributed by atoms with Gasteiger partial charge in [-0.2, -0.15) is 5.26 Å². The van der Waals surface area contributed by atoms with Crippen LogP contribution in [0.25, 0.3) is 0 Å². The average molecular weight is 255 g/mol. The lowest BCUT2D eigenvalue weighted by Gasteiger charge is -2.15. The van der Waals surface area contributed by atoms with Crippen molar-refractivity contribution in [3.05, 3.63) is 29.0 Å². The molecule has 2 nitrogen and oxygen atoms in total. The Morgan fingerprint density at radius 2 is 2.18 bits per heavy atom. The van der Waals surface area contributed by atoms with Crippen LogP contribution in [0.2, 0.25) is 5.02 Å². The monoisotopic (exact) mass is 254 g/mol. The summed E-state index contributed by atoms with van der Waals surface area (Å²) in [5.41, 5.74) is 0.00434. The van der Waals surface area contributed by atoms with E-state index >= 15 is 0 Å². The zero-order valence-electron chi connectivity index (χ0n) is 10.1. The summed E-state index contributed by atoms with van der Waals surface area (Å²) in [6.45, 7) is 4.39. The molecule has 0 aromatic heterocycles. The standard InChI is InChI=1S/C13H16ClFN2/c1-13(2,9-16)7-4-8-17-12-10(14)5-3-6-11(12)15/h3,5-6,17H,4,7-8H2,1-2H3. The van der Waals surface area contributed by atoms with Crippen LogP contribution in [0.4, 0.5) is 10.1 Å². The van der Waals surface area contributed by atoms with Crippen molar-refractivity contribution in [3.8, 4) is 6.07 Å². The highest BCUT2D eigenvalue weighted by Gasteiger charge is 2.15. The van der Waals surface area contributed by atoms with Gasteiger partial charge in [-0.15, -0.1) is 0 Å². The van der Waals surface area contributed by atoms with Crippen LogP contribution in [0.1, 0.15) is 26.7 Å². The maximum absolute atomic E-state index is 13.4. The molecule has 17 heavy (non-hydrogen) atoms. The lowest BCUT2D eigenvalue weighted by Crippen LogP contribution is -2.11. The molecule has 0 aliphatic carbocycles. The van der Waals surface area contributed by atoms with Gasteiger partial charge in [0.1, 0.15) is 5.82 Å². The molecule has 0 unspecified atom stereocenters. The van der Waals surface area contributed by atoms with Crippen LogP contribution < -0.4 is 5.32 Å². The van der Waals surface area contributed by atoms with E-state index in [0.29, 0.717) is 17.3 Å². The molecule has 0 saturated carbocycles. The van der Waals surface area contributed by atoms with E-state index in [0.717, 1.165) is 12.8 Å². The summed E-state index contributed by atoms with van der Waals surface area (Å²) >= 11 is 5.87. The highest BCUT2D eigenvalue weighted by atomic mass is 35.5. The molecule has 0 atom stereocenters. The van der Waals surface area contributed by atoms with Gasteiger partial charge in [-0.3, -0.25) is 0 Å². The third-order valence-corrected chi connectivity index (χ3v) is 2.86. The predicted molar refractivity (Wildman–Crippen MR) is 68.5 cm³/mol. The van der Waals surface area contributed by atoms with Gasteiger partial charge in [0.15, 0.2) is 0 Å². The summed E-state index contributed by atoms with van der Waals surface area (Å²) in [4.78, 5) is 0. The Hall–Kier alpha value is -1.27. The summed E-state index contributed by atoms with van der Waals surface area (Å²) in [7, 11) is 0. The second kappa shape index (κ2) is 5.88. The summed E-state index contributed by atoms with van der Waals surface area (Å²) in [5, 5.41) is 12.2. The lowest BCUT2D eigenvalue weighted by atomic mass is 9.90. The second-order valence-electron chi connectivity index (χ2n) is 4.62. The molecule has 0 radical (unpaired) electrons. The minimum Gasteiger partial charge on any atom is -0.381 e. The number of nitrogens with one attached hydrogen (secondary N) is 1. The number of para-hydroxylation sites is 1. The van der Waals surface area contributed by atoms with E-state index in [9.17, 15) is 4.39 Å². The second-order valence-corrected chi connectivity index (χ2v) is 5.03. The fourth-order valence-electron chi connectivity index (χ4n) is 1.47. The summed E-state index contributed by atoms with van der Waals surface area (Å²) in [6.07, 6.45) is 1.56. The number of anilines is 1. The predicted octanol–water partition coefficient (Wildman–Crippen LogP) is 4.22. The van der Waals surface area contributed by atoms with Crippen molar-refractivity contribution in [1.29, 1.82) is 5.26 Å². The van der Waals surface area contributed by atoms with Gasteiger partial charge in [0, 0.05) is 6.54 Å². The number of hydrogen-bond acceptors (Lipinski definition) is 2. The van der Waals surface area contributed by atoms with E-state index in [-0.39, 0.29) is 11.2 Å². The Balaban J connectivity index is 2.45. The Kier molecular flexibility index (Phi) is 4.77. The summed E-state index contributed by atoms with van der Waals surface area (Å²) < 4.78 is 13.4. The molecule has 92 valence electrons. The zero-order valence-corrected chi connectivity index (χ0v) is 10.8. The first kappa shape index (κ1) is 13.8. The van der Waals surface area contributed by atoms with E-state index in [4.69, 9.17) is 16.9 Å². The fourth-order valence-corrected chi connectivity index (χ4v) is 1.70. The molecule has 1 rings (SSSR count). The highest BCUT2D eigenvalue weighted by Crippen LogP contribution is 2.25. The number of benzene rings is 1. The molecule has 0 fully saturated rings. The molecular weight excluding hydrogens is 239 g/mol. The minimum atomic E-state index is -0.350. The highest BCUT2D eigenvalue weighted by molar-refractivity contribution is 6.33. The van der Waals surface area contributed by atoms with Crippen molar-refractivity contribution < 1.29 is 4.39 Å². The first-order valence-corrected chi connectivity index (χ1v) is 5.93. The zero-order chi connectivity index (χ0) is 12.9. The number of nitriles is 1. The summed E-state index contributed by atoms with van der Waals surface area (Å²) in [5.74, 6) is -0.350.